The molecule has 0 spiro atoms. The van der Waals surface area contributed by atoms with Gasteiger partial charge < -0.3 is 4.74 Å². The molecule has 0 N–H and O–H groups in total. The van der Waals surface area contributed by atoms with Gasteiger partial charge in [0.1, 0.15) is 11.2 Å². The molecule has 0 aliphatic carbocycles. The van der Waals surface area contributed by atoms with Crippen molar-refractivity contribution in [1.29, 1.82) is 0 Å². The second kappa shape index (κ2) is 6.32. The van der Waals surface area contributed by atoms with Crippen LogP contribution in [0.25, 0.3) is 6.08 Å². The normalized spacial score (nSPS) is 12.2. The van der Waals surface area contributed by atoms with E-state index in [0.717, 1.165) is 9.13 Å². The number of Topliss-reactive ketones (excluding diaryl/α,β-unsaturated/α-hetero) is 1. The van der Waals surface area contributed by atoms with Crippen molar-refractivity contribution in [2.75, 3.05) is 0 Å². The summed E-state index contributed by atoms with van der Waals surface area (Å²) in [5.74, 6) is -0.882. The lowest BCUT2D eigenvalue weighted by atomic mass is 10.1. The summed E-state index contributed by atoms with van der Waals surface area (Å²) < 4.78 is 6.27. The molecule has 0 saturated heterocycles. The minimum Gasteiger partial charge on any atom is -0.456 e. The fourth-order valence-corrected chi connectivity index (χ4v) is 1.97. The summed E-state index contributed by atoms with van der Waals surface area (Å²) in [5, 5.41) is 0. The van der Waals surface area contributed by atoms with Crippen LogP contribution < -0.4 is 0 Å². The first-order chi connectivity index (χ1) is 8.69. The number of carbonyl (C=O) groups is 2. The third-order valence-electron chi connectivity index (χ3n) is 2.16. The number of benzene rings is 1. The predicted octanol–water partition coefficient (Wildman–Crippen LogP) is 3.61. The molecular weight excluding hydrogens is 355 g/mol. The van der Waals surface area contributed by atoms with Crippen LogP contribution in [0.4, 0.5) is 0 Å². The lowest BCUT2D eigenvalue weighted by Gasteiger charge is -2.19. The number of carbonyl (C=O) groups excluding carboxylic acids is 2. The summed E-state index contributed by atoms with van der Waals surface area (Å²) in [6, 6.07) is 7.56. The van der Waals surface area contributed by atoms with E-state index in [-0.39, 0.29) is 11.4 Å². The summed E-state index contributed by atoms with van der Waals surface area (Å²) in [4.78, 5) is 23.6. The number of hydrogen-bond acceptors (Lipinski definition) is 3. The highest BCUT2D eigenvalue weighted by atomic mass is 127. The zero-order chi connectivity index (χ0) is 14.6. The van der Waals surface area contributed by atoms with Crippen LogP contribution in [0.5, 0.6) is 0 Å². The Morgan fingerprint density at radius 1 is 1.26 bits per heavy atom. The lowest BCUT2D eigenvalue weighted by molar-refractivity contribution is -0.150. The standard InChI is InChI=1S/C15H17IO3/c1-10(17)13(14(18)19-15(2,3)4)9-11-6-5-7-12(16)8-11/h5-9H,1-4H3/b13-9+. The van der Waals surface area contributed by atoms with E-state index < -0.39 is 11.6 Å². The van der Waals surface area contributed by atoms with E-state index in [1.165, 1.54) is 6.92 Å². The number of esters is 1. The monoisotopic (exact) mass is 372 g/mol. The van der Waals surface area contributed by atoms with E-state index in [9.17, 15) is 9.59 Å². The summed E-state index contributed by atoms with van der Waals surface area (Å²) in [5.41, 5.74) is 0.261. The Morgan fingerprint density at radius 2 is 1.89 bits per heavy atom. The molecule has 0 radical (unpaired) electrons. The van der Waals surface area contributed by atoms with Crippen LogP contribution in [-0.4, -0.2) is 17.4 Å². The van der Waals surface area contributed by atoms with Gasteiger partial charge >= 0.3 is 5.97 Å². The molecule has 0 saturated carbocycles. The Balaban J connectivity index is 3.08. The molecule has 0 atom stereocenters. The summed E-state index contributed by atoms with van der Waals surface area (Å²) in [6.07, 6.45) is 1.57. The Hall–Kier alpha value is -1.17. The molecule has 102 valence electrons. The predicted molar refractivity (Wildman–Crippen MR) is 83.7 cm³/mol. The first-order valence-corrected chi connectivity index (χ1v) is 6.98. The maximum Gasteiger partial charge on any atom is 0.342 e. The van der Waals surface area contributed by atoms with Gasteiger partial charge in [-0.25, -0.2) is 4.79 Å². The summed E-state index contributed by atoms with van der Waals surface area (Å²) in [6.45, 7) is 6.68. The van der Waals surface area contributed by atoms with Gasteiger partial charge in [0.15, 0.2) is 5.78 Å². The fourth-order valence-electron chi connectivity index (χ4n) is 1.40. The number of ketones is 1. The minimum absolute atomic E-state index is 0.0666. The van der Waals surface area contributed by atoms with Crippen LogP contribution in [0.3, 0.4) is 0 Å². The molecule has 0 heterocycles. The van der Waals surface area contributed by atoms with Gasteiger partial charge in [-0.3, -0.25) is 4.79 Å². The number of halogens is 1. The Bertz CT molecular complexity index is 524. The first-order valence-electron chi connectivity index (χ1n) is 5.90. The topological polar surface area (TPSA) is 43.4 Å². The molecule has 1 aromatic rings. The van der Waals surface area contributed by atoms with Crippen molar-refractivity contribution in [3.05, 3.63) is 39.0 Å². The quantitative estimate of drug-likeness (QED) is 0.268. The maximum absolute atomic E-state index is 12.0. The van der Waals surface area contributed by atoms with Crippen LogP contribution >= 0.6 is 22.6 Å². The van der Waals surface area contributed by atoms with Crippen LogP contribution in [0.15, 0.2) is 29.8 Å². The highest BCUT2D eigenvalue weighted by Gasteiger charge is 2.22. The van der Waals surface area contributed by atoms with Crippen LogP contribution in [0.2, 0.25) is 0 Å². The largest absolute Gasteiger partial charge is 0.456 e. The van der Waals surface area contributed by atoms with Crippen LogP contribution in [0.1, 0.15) is 33.3 Å². The Labute approximate surface area is 127 Å². The second-order valence-electron chi connectivity index (χ2n) is 5.17. The van der Waals surface area contributed by atoms with E-state index in [0.29, 0.717) is 0 Å². The highest BCUT2D eigenvalue weighted by Crippen LogP contribution is 2.16. The Morgan fingerprint density at radius 3 is 2.37 bits per heavy atom. The Kier molecular flexibility index (Phi) is 5.29. The minimum atomic E-state index is -0.614. The number of hydrogen-bond donors (Lipinski definition) is 0. The average Bonchev–Trinajstić information content (AvgIpc) is 2.23. The van der Waals surface area contributed by atoms with Gasteiger partial charge in [0.2, 0.25) is 0 Å². The van der Waals surface area contributed by atoms with E-state index >= 15 is 0 Å². The molecule has 1 rings (SSSR count). The summed E-state index contributed by atoms with van der Waals surface area (Å²) in [7, 11) is 0. The van der Waals surface area contributed by atoms with Crippen molar-refractivity contribution in [3.8, 4) is 0 Å². The fraction of sp³-hybridized carbons (Fsp3) is 0.333. The van der Waals surface area contributed by atoms with Crippen molar-refractivity contribution in [2.24, 2.45) is 0 Å². The molecule has 0 aromatic heterocycles. The molecular formula is C15H17IO3. The molecule has 1 aromatic carbocycles. The van der Waals surface area contributed by atoms with Gasteiger partial charge in [0.25, 0.3) is 0 Å². The van der Waals surface area contributed by atoms with Crippen molar-refractivity contribution in [1.82, 2.24) is 0 Å². The van der Waals surface area contributed by atoms with Gasteiger partial charge in [-0.1, -0.05) is 12.1 Å². The lowest BCUT2D eigenvalue weighted by Crippen LogP contribution is -2.26. The molecule has 0 amide bonds. The second-order valence-corrected chi connectivity index (χ2v) is 6.42. The highest BCUT2D eigenvalue weighted by molar-refractivity contribution is 14.1. The van der Waals surface area contributed by atoms with Gasteiger partial charge in [-0.05, 0) is 74.1 Å². The van der Waals surface area contributed by atoms with E-state index in [4.69, 9.17) is 4.74 Å². The molecule has 0 fully saturated rings. The summed E-state index contributed by atoms with van der Waals surface area (Å²) >= 11 is 2.18. The first kappa shape index (κ1) is 15.9. The third kappa shape index (κ3) is 5.55. The molecule has 3 nitrogen and oxygen atoms in total. The van der Waals surface area contributed by atoms with E-state index in [1.54, 1.807) is 26.8 Å². The molecule has 4 heteroatoms. The van der Waals surface area contributed by atoms with Crippen LogP contribution in [0, 0.1) is 3.57 Å². The van der Waals surface area contributed by atoms with E-state index in [1.807, 2.05) is 24.3 Å². The van der Waals surface area contributed by atoms with Crippen molar-refractivity contribution in [3.63, 3.8) is 0 Å². The van der Waals surface area contributed by atoms with Gasteiger partial charge in [-0.2, -0.15) is 0 Å². The zero-order valence-electron chi connectivity index (χ0n) is 11.5. The van der Waals surface area contributed by atoms with Crippen molar-refractivity contribution < 1.29 is 14.3 Å². The van der Waals surface area contributed by atoms with Crippen molar-refractivity contribution >= 4 is 40.4 Å². The van der Waals surface area contributed by atoms with Gasteiger partial charge in [0.05, 0.1) is 0 Å². The van der Waals surface area contributed by atoms with Crippen molar-refractivity contribution in [2.45, 2.75) is 33.3 Å². The average molecular weight is 372 g/mol. The van der Waals surface area contributed by atoms with E-state index in [2.05, 4.69) is 22.6 Å². The van der Waals surface area contributed by atoms with Gasteiger partial charge in [-0.15, -0.1) is 0 Å². The SMILES string of the molecule is CC(=O)/C(=C\c1cccc(I)c1)C(=O)OC(C)(C)C. The molecule has 0 unspecified atom stereocenters. The smallest absolute Gasteiger partial charge is 0.342 e. The molecule has 0 aliphatic heterocycles. The number of ether oxygens (including phenoxy) is 1. The molecule has 0 bridgehead atoms. The zero-order valence-corrected chi connectivity index (χ0v) is 13.6. The maximum atomic E-state index is 12.0. The third-order valence-corrected chi connectivity index (χ3v) is 2.83. The number of rotatable bonds is 3. The molecule has 0 aliphatic rings. The van der Waals surface area contributed by atoms with Crippen LogP contribution in [-0.2, 0) is 14.3 Å². The van der Waals surface area contributed by atoms with Gasteiger partial charge in [0, 0.05) is 3.57 Å². The molecule has 19 heavy (non-hydrogen) atoms.